The Morgan fingerprint density at radius 2 is 2.12 bits per heavy atom. The Balaban J connectivity index is 1.72. The number of amides is 1. The molecule has 25 heavy (non-hydrogen) atoms. The summed E-state index contributed by atoms with van der Waals surface area (Å²) < 4.78 is 28.1. The average Bonchev–Trinajstić information content (AvgIpc) is 3.43. The highest BCUT2D eigenvalue weighted by molar-refractivity contribution is 7.93. The van der Waals surface area contributed by atoms with Gasteiger partial charge in [0.25, 0.3) is 5.91 Å². The van der Waals surface area contributed by atoms with Crippen LogP contribution in [-0.4, -0.2) is 43.2 Å². The quantitative estimate of drug-likeness (QED) is 0.754. The minimum atomic E-state index is -3.23. The lowest BCUT2D eigenvalue weighted by molar-refractivity contribution is 0.0941. The van der Waals surface area contributed by atoms with E-state index >= 15 is 0 Å². The van der Waals surface area contributed by atoms with Crippen molar-refractivity contribution in [1.82, 2.24) is 15.3 Å². The van der Waals surface area contributed by atoms with Gasteiger partial charge in [-0.15, -0.1) is 0 Å². The lowest BCUT2D eigenvalue weighted by atomic mass is 10.2. The maximum atomic E-state index is 12.5. The summed E-state index contributed by atoms with van der Waals surface area (Å²) in [6, 6.07) is -0.443. The number of sulfone groups is 1. The Bertz CT molecular complexity index is 783. The van der Waals surface area contributed by atoms with Gasteiger partial charge in [-0.2, -0.15) is 4.98 Å². The SMILES string of the molecule is CC(/C=C/S(C)(=O)=O)NC(=O)c1cnc(C2CC2)nc1OCC1CC1. The minimum absolute atomic E-state index is 0.282. The van der Waals surface area contributed by atoms with Gasteiger partial charge in [0.05, 0.1) is 6.61 Å². The predicted octanol–water partition coefficient (Wildman–Crippen LogP) is 1.82. The van der Waals surface area contributed by atoms with Gasteiger partial charge in [0, 0.05) is 29.8 Å². The maximum Gasteiger partial charge on any atom is 0.258 e. The third-order valence-corrected chi connectivity index (χ3v) is 4.74. The van der Waals surface area contributed by atoms with E-state index in [0.29, 0.717) is 24.3 Å². The molecule has 1 atom stereocenters. The molecule has 1 N–H and O–H groups in total. The number of nitrogens with zero attached hydrogens (tertiary/aromatic N) is 2. The summed E-state index contributed by atoms with van der Waals surface area (Å²) in [5.74, 6) is 1.59. The van der Waals surface area contributed by atoms with Crippen molar-refractivity contribution in [3.63, 3.8) is 0 Å². The summed E-state index contributed by atoms with van der Waals surface area (Å²) in [6.45, 7) is 2.26. The van der Waals surface area contributed by atoms with E-state index in [9.17, 15) is 13.2 Å². The minimum Gasteiger partial charge on any atom is -0.477 e. The molecule has 1 aromatic heterocycles. The van der Waals surface area contributed by atoms with Gasteiger partial charge in [-0.1, -0.05) is 6.08 Å². The number of ether oxygens (including phenoxy) is 1. The van der Waals surface area contributed by atoms with Gasteiger partial charge < -0.3 is 10.1 Å². The third-order valence-electron chi connectivity index (χ3n) is 4.09. The van der Waals surface area contributed by atoms with Crippen LogP contribution >= 0.6 is 0 Å². The first-order valence-electron chi connectivity index (χ1n) is 8.50. The molecule has 1 unspecified atom stereocenters. The van der Waals surface area contributed by atoms with E-state index in [4.69, 9.17) is 4.74 Å². The molecular formula is C17H23N3O4S. The van der Waals surface area contributed by atoms with E-state index in [0.717, 1.165) is 43.2 Å². The summed E-state index contributed by atoms with van der Waals surface area (Å²) in [7, 11) is -3.23. The molecule has 1 amide bonds. The molecule has 2 saturated carbocycles. The second kappa shape index (κ2) is 7.11. The van der Waals surface area contributed by atoms with Crippen LogP contribution in [0.4, 0.5) is 0 Å². The Kier molecular flexibility index (Phi) is 5.08. The van der Waals surface area contributed by atoms with Crippen LogP contribution in [0.3, 0.4) is 0 Å². The number of nitrogens with one attached hydrogen (secondary N) is 1. The van der Waals surface area contributed by atoms with Crippen LogP contribution in [-0.2, 0) is 9.84 Å². The van der Waals surface area contributed by atoms with Crippen LogP contribution in [0.1, 0.15) is 54.7 Å². The smallest absolute Gasteiger partial charge is 0.258 e. The van der Waals surface area contributed by atoms with Crippen molar-refractivity contribution < 1.29 is 17.9 Å². The monoisotopic (exact) mass is 365 g/mol. The molecule has 0 radical (unpaired) electrons. The Morgan fingerprint density at radius 1 is 1.40 bits per heavy atom. The van der Waals surface area contributed by atoms with Crippen LogP contribution < -0.4 is 10.1 Å². The van der Waals surface area contributed by atoms with E-state index in [-0.39, 0.29) is 11.5 Å². The second-order valence-electron chi connectivity index (χ2n) is 6.90. The Morgan fingerprint density at radius 3 is 2.72 bits per heavy atom. The normalized spacial score (nSPS) is 19.0. The van der Waals surface area contributed by atoms with Crippen molar-refractivity contribution in [3.05, 3.63) is 29.1 Å². The fourth-order valence-corrected chi connectivity index (χ4v) is 2.78. The highest BCUT2D eigenvalue weighted by atomic mass is 32.2. The van der Waals surface area contributed by atoms with Crippen LogP contribution in [0.15, 0.2) is 17.7 Å². The van der Waals surface area contributed by atoms with Gasteiger partial charge in [0.15, 0.2) is 9.84 Å². The highest BCUT2D eigenvalue weighted by Crippen LogP contribution is 2.39. The summed E-state index contributed by atoms with van der Waals surface area (Å²) >= 11 is 0. The molecule has 8 heteroatoms. The second-order valence-corrected chi connectivity index (χ2v) is 8.83. The van der Waals surface area contributed by atoms with Gasteiger partial charge in [-0.05, 0) is 38.5 Å². The van der Waals surface area contributed by atoms with Gasteiger partial charge in [-0.3, -0.25) is 4.79 Å². The van der Waals surface area contributed by atoms with Gasteiger partial charge >= 0.3 is 0 Å². The number of rotatable bonds is 8. The molecule has 2 aliphatic carbocycles. The number of hydrogen-bond acceptors (Lipinski definition) is 6. The van der Waals surface area contributed by atoms with Gasteiger partial charge in [0.1, 0.15) is 11.4 Å². The number of carbonyl (C=O) groups excluding carboxylic acids is 1. The molecule has 0 bridgehead atoms. The standard InChI is InChI=1S/C17H23N3O4S/c1-11(7-8-25(2,22)23)19-16(21)14-9-18-15(13-5-6-13)20-17(14)24-10-12-3-4-12/h7-9,11-13H,3-6,10H2,1-2H3,(H,19,21)/b8-7+. The third kappa shape index (κ3) is 5.52. The maximum absolute atomic E-state index is 12.5. The summed E-state index contributed by atoms with van der Waals surface area (Å²) in [5.41, 5.74) is 0.282. The van der Waals surface area contributed by atoms with Crippen molar-refractivity contribution in [2.75, 3.05) is 12.9 Å². The summed E-state index contributed by atoms with van der Waals surface area (Å²) in [5, 5.41) is 3.81. The van der Waals surface area contributed by atoms with Crippen molar-refractivity contribution in [1.29, 1.82) is 0 Å². The zero-order valence-corrected chi connectivity index (χ0v) is 15.3. The van der Waals surface area contributed by atoms with E-state index in [2.05, 4.69) is 15.3 Å². The van der Waals surface area contributed by atoms with Crippen molar-refractivity contribution >= 4 is 15.7 Å². The topological polar surface area (TPSA) is 98.2 Å². The van der Waals surface area contributed by atoms with E-state index in [1.165, 1.54) is 12.3 Å². The zero-order valence-electron chi connectivity index (χ0n) is 14.4. The lowest BCUT2D eigenvalue weighted by Crippen LogP contribution is -2.32. The lowest BCUT2D eigenvalue weighted by Gasteiger charge is -2.13. The molecular weight excluding hydrogens is 342 g/mol. The zero-order chi connectivity index (χ0) is 18.0. The first-order valence-corrected chi connectivity index (χ1v) is 10.5. The molecule has 0 saturated heterocycles. The molecule has 1 heterocycles. The Hall–Kier alpha value is -1.96. The molecule has 0 aromatic carbocycles. The molecule has 2 aliphatic rings. The van der Waals surface area contributed by atoms with E-state index < -0.39 is 15.9 Å². The van der Waals surface area contributed by atoms with E-state index in [1.807, 2.05) is 0 Å². The van der Waals surface area contributed by atoms with Crippen molar-refractivity contribution in [2.45, 2.75) is 44.6 Å². The van der Waals surface area contributed by atoms with Crippen molar-refractivity contribution in [2.24, 2.45) is 5.92 Å². The molecule has 7 nitrogen and oxygen atoms in total. The predicted molar refractivity (Wildman–Crippen MR) is 93.1 cm³/mol. The largest absolute Gasteiger partial charge is 0.477 e. The van der Waals surface area contributed by atoms with E-state index in [1.54, 1.807) is 6.92 Å². The molecule has 3 rings (SSSR count). The molecule has 1 aromatic rings. The number of hydrogen-bond donors (Lipinski definition) is 1. The number of aromatic nitrogens is 2. The van der Waals surface area contributed by atoms with Crippen molar-refractivity contribution in [3.8, 4) is 5.88 Å². The summed E-state index contributed by atoms with van der Waals surface area (Å²) in [4.78, 5) is 21.2. The van der Waals surface area contributed by atoms with Crippen LogP contribution in [0.2, 0.25) is 0 Å². The van der Waals surface area contributed by atoms with Crippen LogP contribution in [0.5, 0.6) is 5.88 Å². The summed E-state index contributed by atoms with van der Waals surface area (Å²) in [6.07, 6.45) is 8.47. The Labute approximate surface area is 147 Å². The van der Waals surface area contributed by atoms with Gasteiger partial charge in [-0.25, -0.2) is 13.4 Å². The highest BCUT2D eigenvalue weighted by Gasteiger charge is 2.29. The number of carbonyl (C=O) groups is 1. The molecule has 0 spiro atoms. The van der Waals surface area contributed by atoms with Crippen LogP contribution in [0, 0.1) is 5.92 Å². The molecule has 0 aliphatic heterocycles. The molecule has 136 valence electrons. The molecule has 2 fully saturated rings. The average molecular weight is 365 g/mol. The van der Waals surface area contributed by atoms with Crippen LogP contribution in [0.25, 0.3) is 0 Å². The van der Waals surface area contributed by atoms with Gasteiger partial charge in [0.2, 0.25) is 5.88 Å². The fourth-order valence-electron chi connectivity index (χ4n) is 2.26. The fraction of sp³-hybridized carbons (Fsp3) is 0.588. The first kappa shape index (κ1) is 17.8. The first-order chi connectivity index (χ1) is 11.8.